The lowest BCUT2D eigenvalue weighted by molar-refractivity contribution is 0.543. The van der Waals surface area contributed by atoms with Gasteiger partial charge >= 0.3 is 0 Å². The van der Waals surface area contributed by atoms with E-state index in [-0.39, 0.29) is 11.9 Å². The van der Waals surface area contributed by atoms with Crippen LogP contribution in [-0.2, 0) is 6.54 Å². The number of halogens is 3. The molecular formula is C15H14BrClFN. The summed E-state index contributed by atoms with van der Waals surface area (Å²) in [6.07, 6.45) is 0. The second-order valence-electron chi connectivity index (χ2n) is 4.36. The van der Waals surface area contributed by atoms with Gasteiger partial charge in [0.05, 0.1) is 0 Å². The number of rotatable bonds is 4. The van der Waals surface area contributed by atoms with Crippen LogP contribution in [0.25, 0.3) is 0 Å². The van der Waals surface area contributed by atoms with Gasteiger partial charge in [0, 0.05) is 27.6 Å². The van der Waals surface area contributed by atoms with Crippen molar-refractivity contribution >= 4 is 27.5 Å². The van der Waals surface area contributed by atoms with Crippen LogP contribution in [0, 0.1) is 5.82 Å². The van der Waals surface area contributed by atoms with Gasteiger partial charge in [-0.1, -0.05) is 45.7 Å². The van der Waals surface area contributed by atoms with Crippen molar-refractivity contribution in [3.05, 3.63) is 68.9 Å². The molecule has 0 radical (unpaired) electrons. The topological polar surface area (TPSA) is 12.0 Å². The second-order valence-corrected chi connectivity index (χ2v) is 5.65. The Morgan fingerprint density at radius 2 is 2.00 bits per heavy atom. The van der Waals surface area contributed by atoms with Gasteiger partial charge in [-0.25, -0.2) is 4.39 Å². The molecule has 0 fully saturated rings. The number of benzene rings is 2. The smallest absolute Gasteiger partial charge is 0.127 e. The van der Waals surface area contributed by atoms with Crippen molar-refractivity contribution in [2.24, 2.45) is 0 Å². The highest BCUT2D eigenvalue weighted by molar-refractivity contribution is 9.10. The van der Waals surface area contributed by atoms with Crippen LogP contribution in [0.5, 0.6) is 0 Å². The molecule has 0 saturated carbocycles. The van der Waals surface area contributed by atoms with E-state index in [2.05, 4.69) is 21.2 Å². The van der Waals surface area contributed by atoms with Crippen LogP contribution < -0.4 is 5.32 Å². The maximum absolute atomic E-state index is 13.6. The van der Waals surface area contributed by atoms with E-state index in [1.807, 2.05) is 31.2 Å². The molecule has 0 amide bonds. The Labute approximate surface area is 125 Å². The van der Waals surface area contributed by atoms with Gasteiger partial charge < -0.3 is 5.32 Å². The molecule has 2 rings (SSSR count). The summed E-state index contributed by atoms with van der Waals surface area (Å²) in [5.41, 5.74) is 1.72. The van der Waals surface area contributed by atoms with Gasteiger partial charge in [-0.15, -0.1) is 0 Å². The Morgan fingerprint density at radius 3 is 2.74 bits per heavy atom. The minimum absolute atomic E-state index is 0.119. The largest absolute Gasteiger partial charge is 0.306 e. The van der Waals surface area contributed by atoms with E-state index in [1.54, 1.807) is 12.1 Å². The van der Waals surface area contributed by atoms with Crippen molar-refractivity contribution in [1.29, 1.82) is 0 Å². The van der Waals surface area contributed by atoms with Gasteiger partial charge in [-0.3, -0.25) is 0 Å². The molecule has 0 bridgehead atoms. The predicted molar refractivity (Wildman–Crippen MR) is 80.8 cm³/mol. The van der Waals surface area contributed by atoms with Crippen LogP contribution in [0.15, 0.2) is 46.9 Å². The Hall–Kier alpha value is -0.900. The normalized spacial score (nSPS) is 12.4. The van der Waals surface area contributed by atoms with Crippen molar-refractivity contribution in [1.82, 2.24) is 5.32 Å². The second kappa shape index (κ2) is 6.51. The van der Waals surface area contributed by atoms with E-state index >= 15 is 0 Å². The molecule has 1 atom stereocenters. The van der Waals surface area contributed by atoms with Gasteiger partial charge in [0.15, 0.2) is 0 Å². The predicted octanol–water partition coefficient (Wildman–Crippen LogP) is 5.09. The van der Waals surface area contributed by atoms with Crippen LogP contribution in [0.2, 0.25) is 5.02 Å². The third-order valence-corrected chi connectivity index (χ3v) is 3.94. The molecule has 4 heteroatoms. The lowest BCUT2D eigenvalue weighted by Crippen LogP contribution is -2.19. The molecule has 1 nitrogen and oxygen atoms in total. The molecule has 19 heavy (non-hydrogen) atoms. The lowest BCUT2D eigenvalue weighted by atomic mass is 10.1. The Balaban J connectivity index is 2.06. The van der Waals surface area contributed by atoms with Crippen molar-refractivity contribution in [2.75, 3.05) is 0 Å². The minimum Gasteiger partial charge on any atom is -0.306 e. The molecule has 1 N–H and O–H groups in total. The highest BCUT2D eigenvalue weighted by Crippen LogP contribution is 2.23. The molecule has 0 saturated heterocycles. The first-order chi connectivity index (χ1) is 9.08. The van der Waals surface area contributed by atoms with Crippen molar-refractivity contribution in [2.45, 2.75) is 19.5 Å². The molecule has 0 heterocycles. The van der Waals surface area contributed by atoms with Gasteiger partial charge in [0.1, 0.15) is 5.82 Å². The average Bonchev–Trinajstić information content (AvgIpc) is 2.40. The molecule has 0 spiro atoms. The zero-order chi connectivity index (χ0) is 13.8. The van der Waals surface area contributed by atoms with E-state index in [0.717, 1.165) is 10.0 Å². The van der Waals surface area contributed by atoms with Gasteiger partial charge in [-0.05, 0) is 36.8 Å². The highest BCUT2D eigenvalue weighted by atomic mass is 79.9. The van der Waals surface area contributed by atoms with E-state index in [9.17, 15) is 4.39 Å². The average molecular weight is 343 g/mol. The zero-order valence-corrected chi connectivity index (χ0v) is 12.8. The molecule has 2 aromatic carbocycles. The summed E-state index contributed by atoms with van der Waals surface area (Å²) in [6.45, 7) is 2.48. The molecule has 0 aromatic heterocycles. The first-order valence-electron chi connectivity index (χ1n) is 5.99. The molecule has 0 aliphatic rings. The Kier molecular flexibility index (Phi) is 4.97. The van der Waals surface area contributed by atoms with Crippen LogP contribution in [0.4, 0.5) is 4.39 Å². The first kappa shape index (κ1) is 14.5. The fraction of sp³-hybridized carbons (Fsp3) is 0.200. The first-order valence-corrected chi connectivity index (χ1v) is 7.17. The van der Waals surface area contributed by atoms with E-state index in [4.69, 9.17) is 11.6 Å². The SMILES string of the molecule is C[C@@H](NCc1cc(Cl)ccc1F)c1ccccc1Br. The fourth-order valence-corrected chi connectivity index (χ4v) is 2.70. The third kappa shape index (κ3) is 3.78. The molecule has 0 aliphatic heterocycles. The molecular weight excluding hydrogens is 329 g/mol. The van der Waals surface area contributed by atoms with Crippen LogP contribution in [-0.4, -0.2) is 0 Å². The van der Waals surface area contributed by atoms with Crippen LogP contribution in [0.1, 0.15) is 24.1 Å². The number of hydrogen-bond donors (Lipinski definition) is 1. The quantitative estimate of drug-likeness (QED) is 0.816. The lowest BCUT2D eigenvalue weighted by Gasteiger charge is -2.16. The van der Waals surface area contributed by atoms with Crippen molar-refractivity contribution in [3.63, 3.8) is 0 Å². The summed E-state index contributed by atoms with van der Waals surface area (Å²) < 4.78 is 14.6. The maximum atomic E-state index is 13.6. The molecule has 2 aromatic rings. The number of nitrogens with one attached hydrogen (secondary N) is 1. The van der Waals surface area contributed by atoms with E-state index < -0.39 is 0 Å². The number of hydrogen-bond acceptors (Lipinski definition) is 1. The van der Waals surface area contributed by atoms with Gasteiger partial charge in [0.25, 0.3) is 0 Å². The summed E-state index contributed by atoms with van der Waals surface area (Å²) in [6, 6.07) is 12.7. The van der Waals surface area contributed by atoms with Crippen LogP contribution >= 0.6 is 27.5 Å². The summed E-state index contributed by atoms with van der Waals surface area (Å²) in [5, 5.41) is 3.84. The summed E-state index contributed by atoms with van der Waals surface area (Å²) in [5.74, 6) is -0.240. The van der Waals surface area contributed by atoms with Crippen molar-refractivity contribution < 1.29 is 4.39 Å². The summed E-state index contributed by atoms with van der Waals surface area (Å²) in [7, 11) is 0. The van der Waals surface area contributed by atoms with Crippen LogP contribution in [0.3, 0.4) is 0 Å². The Morgan fingerprint density at radius 1 is 1.26 bits per heavy atom. The minimum atomic E-state index is -0.240. The van der Waals surface area contributed by atoms with Gasteiger partial charge in [-0.2, -0.15) is 0 Å². The third-order valence-electron chi connectivity index (χ3n) is 2.98. The maximum Gasteiger partial charge on any atom is 0.127 e. The fourth-order valence-electron chi connectivity index (χ4n) is 1.88. The standard InChI is InChI=1S/C15H14BrClFN/c1-10(13-4-2-3-5-14(13)16)19-9-11-8-12(17)6-7-15(11)18/h2-8,10,19H,9H2,1H3/t10-/m1/s1. The summed E-state index contributed by atoms with van der Waals surface area (Å²) >= 11 is 9.39. The van der Waals surface area contributed by atoms with Crippen molar-refractivity contribution in [3.8, 4) is 0 Å². The molecule has 0 aliphatic carbocycles. The highest BCUT2D eigenvalue weighted by Gasteiger charge is 2.09. The zero-order valence-electron chi connectivity index (χ0n) is 10.5. The molecule has 0 unspecified atom stereocenters. The summed E-state index contributed by atoms with van der Waals surface area (Å²) in [4.78, 5) is 0. The van der Waals surface area contributed by atoms with E-state index in [0.29, 0.717) is 17.1 Å². The monoisotopic (exact) mass is 341 g/mol. The molecule has 100 valence electrons. The van der Waals surface area contributed by atoms with Gasteiger partial charge in [0.2, 0.25) is 0 Å². The van der Waals surface area contributed by atoms with E-state index in [1.165, 1.54) is 6.07 Å². The Bertz CT molecular complexity index is 574.